The number of aryl methyl sites for hydroxylation is 1. The summed E-state index contributed by atoms with van der Waals surface area (Å²) in [6.07, 6.45) is 3.30. The Labute approximate surface area is 118 Å². The monoisotopic (exact) mass is 324 g/mol. The Morgan fingerprint density at radius 3 is 2.72 bits per heavy atom. The van der Waals surface area contributed by atoms with Gasteiger partial charge in [-0.3, -0.25) is 9.78 Å². The van der Waals surface area contributed by atoms with E-state index < -0.39 is 0 Å². The van der Waals surface area contributed by atoms with E-state index in [-0.39, 0.29) is 12.2 Å². The van der Waals surface area contributed by atoms with E-state index in [2.05, 4.69) is 25.9 Å². The average molecular weight is 326 g/mol. The van der Waals surface area contributed by atoms with Crippen molar-refractivity contribution in [3.05, 3.63) is 57.0 Å². The van der Waals surface area contributed by atoms with Gasteiger partial charge in [0.15, 0.2) is 5.78 Å². The van der Waals surface area contributed by atoms with E-state index in [1.165, 1.54) is 6.20 Å². The minimum Gasteiger partial charge on any atom is -0.292 e. The van der Waals surface area contributed by atoms with Gasteiger partial charge in [0.25, 0.3) is 0 Å². The summed E-state index contributed by atoms with van der Waals surface area (Å²) < 4.78 is 0.888. The number of carbonyl (C=O) groups is 1. The van der Waals surface area contributed by atoms with Crippen molar-refractivity contribution in [3.63, 3.8) is 0 Å². The van der Waals surface area contributed by atoms with Crippen LogP contribution in [0.3, 0.4) is 0 Å². The molecular weight excluding hydrogens is 316 g/mol. The van der Waals surface area contributed by atoms with Gasteiger partial charge in [0.05, 0.1) is 11.9 Å². The number of Topliss-reactive ketones (excluding diaryl/α,β-unsaturated/α-hetero) is 1. The van der Waals surface area contributed by atoms with Crippen molar-refractivity contribution in [2.75, 3.05) is 0 Å². The van der Waals surface area contributed by atoms with Gasteiger partial charge in [0, 0.05) is 22.1 Å². The van der Waals surface area contributed by atoms with Crippen LogP contribution in [-0.4, -0.2) is 15.8 Å². The maximum Gasteiger partial charge on any atom is 0.187 e. The third kappa shape index (κ3) is 3.15. The van der Waals surface area contributed by atoms with Crippen molar-refractivity contribution in [3.8, 4) is 0 Å². The Morgan fingerprint density at radius 1 is 1.33 bits per heavy atom. The highest BCUT2D eigenvalue weighted by Gasteiger charge is 2.11. The summed E-state index contributed by atoms with van der Waals surface area (Å²) in [4.78, 5) is 20.1. The quantitative estimate of drug-likeness (QED) is 0.809. The zero-order chi connectivity index (χ0) is 13.1. The number of hydrogen-bond acceptors (Lipinski definition) is 3. The van der Waals surface area contributed by atoms with Crippen LogP contribution in [-0.2, 0) is 6.42 Å². The Balaban J connectivity index is 2.18. The third-order valence-electron chi connectivity index (χ3n) is 2.43. The van der Waals surface area contributed by atoms with Crippen LogP contribution in [0.2, 0.25) is 5.02 Å². The molecule has 0 bridgehead atoms. The molecule has 0 fully saturated rings. The number of halogens is 2. The van der Waals surface area contributed by atoms with Gasteiger partial charge in [-0.15, -0.1) is 0 Å². The molecule has 1 aromatic heterocycles. The molecule has 0 saturated heterocycles. The van der Waals surface area contributed by atoms with Crippen LogP contribution in [0.1, 0.15) is 21.7 Å². The topological polar surface area (TPSA) is 42.9 Å². The molecule has 0 aliphatic heterocycles. The van der Waals surface area contributed by atoms with Crippen LogP contribution in [0.15, 0.2) is 35.1 Å². The van der Waals surface area contributed by atoms with Crippen LogP contribution in [0.5, 0.6) is 0 Å². The largest absolute Gasteiger partial charge is 0.292 e. The van der Waals surface area contributed by atoms with Crippen LogP contribution in [0.25, 0.3) is 0 Å². The lowest BCUT2D eigenvalue weighted by Gasteiger charge is -2.04. The zero-order valence-electron chi connectivity index (χ0n) is 9.65. The van der Waals surface area contributed by atoms with E-state index in [0.29, 0.717) is 10.7 Å². The number of rotatable bonds is 3. The molecule has 0 amide bonds. The van der Waals surface area contributed by atoms with Crippen LogP contribution in [0.4, 0.5) is 0 Å². The smallest absolute Gasteiger partial charge is 0.187 e. The second kappa shape index (κ2) is 5.59. The number of aromatic nitrogens is 2. The highest BCUT2D eigenvalue weighted by Crippen LogP contribution is 2.22. The first-order valence-electron chi connectivity index (χ1n) is 5.32. The molecule has 0 N–H and O–H groups in total. The molecule has 3 nitrogen and oxygen atoms in total. The first-order valence-corrected chi connectivity index (χ1v) is 6.49. The highest BCUT2D eigenvalue weighted by atomic mass is 79.9. The predicted octanol–water partition coefficient (Wildman–Crippen LogP) is 3.63. The van der Waals surface area contributed by atoms with Gasteiger partial charge >= 0.3 is 0 Å². The summed E-state index contributed by atoms with van der Waals surface area (Å²) >= 11 is 9.39. The summed E-state index contributed by atoms with van der Waals surface area (Å²) in [7, 11) is 0. The van der Waals surface area contributed by atoms with Gasteiger partial charge in [0.1, 0.15) is 5.69 Å². The molecule has 18 heavy (non-hydrogen) atoms. The molecule has 0 radical (unpaired) electrons. The second-order valence-electron chi connectivity index (χ2n) is 3.88. The zero-order valence-corrected chi connectivity index (χ0v) is 12.0. The van der Waals surface area contributed by atoms with Crippen molar-refractivity contribution in [2.24, 2.45) is 0 Å². The van der Waals surface area contributed by atoms with E-state index in [1.807, 2.05) is 19.1 Å². The molecule has 5 heteroatoms. The fourth-order valence-electron chi connectivity index (χ4n) is 1.47. The number of nitrogens with zero attached hydrogens (tertiary/aromatic N) is 2. The Morgan fingerprint density at radius 2 is 2.11 bits per heavy atom. The lowest BCUT2D eigenvalue weighted by Crippen LogP contribution is -2.07. The Bertz CT molecular complexity index is 584. The number of hydrogen-bond donors (Lipinski definition) is 0. The molecule has 92 valence electrons. The second-order valence-corrected chi connectivity index (χ2v) is 5.20. The maximum absolute atomic E-state index is 12.0. The first-order chi connectivity index (χ1) is 8.56. The molecule has 0 aliphatic carbocycles. The van der Waals surface area contributed by atoms with Crippen molar-refractivity contribution >= 4 is 33.3 Å². The molecule has 0 saturated carbocycles. The Hall–Kier alpha value is -1.26. The molecule has 0 atom stereocenters. The van der Waals surface area contributed by atoms with Crippen molar-refractivity contribution in [1.82, 2.24) is 9.97 Å². The van der Waals surface area contributed by atoms with Gasteiger partial charge < -0.3 is 0 Å². The summed E-state index contributed by atoms with van der Waals surface area (Å²) in [5.74, 6) is -0.0910. The minimum absolute atomic E-state index is 0.0910. The highest BCUT2D eigenvalue weighted by molar-refractivity contribution is 9.10. The standard InChI is InChI=1S/C13H10BrClN2O/c1-8-6-17-12(7-16-8)13(18)4-9-2-3-10(14)5-11(9)15/h2-3,5-7H,4H2,1H3. The average Bonchev–Trinajstić information content (AvgIpc) is 2.33. The van der Waals surface area contributed by atoms with Gasteiger partial charge in [0.2, 0.25) is 0 Å². The molecule has 2 rings (SSSR count). The van der Waals surface area contributed by atoms with Crippen molar-refractivity contribution in [1.29, 1.82) is 0 Å². The van der Waals surface area contributed by atoms with Gasteiger partial charge in [-0.05, 0) is 24.6 Å². The van der Waals surface area contributed by atoms with E-state index in [1.54, 1.807) is 12.3 Å². The molecule has 2 aromatic rings. The summed E-state index contributed by atoms with van der Waals surface area (Å²) in [5, 5.41) is 0.567. The lowest BCUT2D eigenvalue weighted by molar-refractivity contribution is 0.0988. The van der Waals surface area contributed by atoms with Crippen molar-refractivity contribution < 1.29 is 4.79 Å². The van der Waals surface area contributed by atoms with Gasteiger partial charge in [-0.25, -0.2) is 4.98 Å². The molecule has 0 unspecified atom stereocenters. The predicted molar refractivity (Wildman–Crippen MR) is 74.0 cm³/mol. The van der Waals surface area contributed by atoms with Crippen molar-refractivity contribution in [2.45, 2.75) is 13.3 Å². The lowest BCUT2D eigenvalue weighted by atomic mass is 10.1. The molecule has 1 aromatic carbocycles. The Kier molecular flexibility index (Phi) is 4.09. The fourth-order valence-corrected chi connectivity index (χ4v) is 2.21. The van der Waals surface area contributed by atoms with E-state index in [0.717, 1.165) is 15.7 Å². The van der Waals surface area contributed by atoms with E-state index in [4.69, 9.17) is 11.6 Å². The van der Waals surface area contributed by atoms with Gasteiger partial charge in [-0.1, -0.05) is 33.6 Å². The number of benzene rings is 1. The third-order valence-corrected chi connectivity index (χ3v) is 3.28. The maximum atomic E-state index is 12.0. The molecule has 0 aliphatic rings. The normalized spacial score (nSPS) is 10.4. The van der Waals surface area contributed by atoms with Crippen LogP contribution >= 0.6 is 27.5 Å². The van der Waals surface area contributed by atoms with Crippen LogP contribution < -0.4 is 0 Å². The molecule has 0 spiro atoms. The summed E-state index contributed by atoms with van der Waals surface area (Å²) in [5.41, 5.74) is 1.93. The number of carbonyl (C=O) groups excluding carboxylic acids is 1. The number of ketones is 1. The van der Waals surface area contributed by atoms with E-state index >= 15 is 0 Å². The minimum atomic E-state index is -0.0910. The first kappa shape index (κ1) is 13.2. The van der Waals surface area contributed by atoms with Gasteiger partial charge in [-0.2, -0.15) is 0 Å². The summed E-state index contributed by atoms with van der Waals surface area (Å²) in [6, 6.07) is 5.45. The SMILES string of the molecule is Cc1cnc(C(=O)Cc2ccc(Br)cc2Cl)cn1. The van der Waals surface area contributed by atoms with Crippen LogP contribution in [0, 0.1) is 6.92 Å². The summed E-state index contributed by atoms with van der Waals surface area (Å²) in [6.45, 7) is 1.83. The fraction of sp³-hybridized carbons (Fsp3) is 0.154. The van der Waals surface area contributed by atoms with E-state index in [9.17, 15) is 4.79 Å². The molecular formula is C13H10BrClN2O. The molecule has 1 heterocycles.